The third kappa shape index (κ3) is 3.96. The number of carbonyl (C=O) groups is 2. The van der Waals surface area contributed by atoms with Crippen LogP contribution in [0.5, 0.6) is 11.5 Å². The number of benzene rings is 1. The van der Waals surface area contributed by atoms with E-state index in [1.54, 1.807) is 17.0 Å². The highest BCUT2D eigenvalue weighted by Crippen LogP contribution is 2.37. The fourth-order valence-electron chi connectivity index (χ4n) is 2.67. The summed E-state index contributed by atoms with van der Waals surface area (Å²) in [5.74, 6) is -0.531. The number of aliphatic carboxylic acids is 1. The second-order valence-electron chi connectivity index (χ2n) is 5.35. The Morgan fingerprint density at radius 1 is 1.43 bits per heavy atom. The highest BCUT2D eigenvalue weighted by molar-refractivity contribution is 9.10. The summed E-state index contributed by atoms with van der Waals surface area (Å²) in [5, 5.41) is 9.15. The van der Waals surface area contributed by atoms with Crippen LogP contribution in [0.2, 0.25) is 0 Å². The van der Waals surface area contributed by atoms with E-state index in [2.05, 4.69) is 15.9 Å². The summed E-state index contributed by atoms with van der Waals surface area (Å²) in [6, 6.07) is 3.31. The van der Waals surface area contributed by atoms with Crippen LogP contribution in [0.4, 0.5) is 0 Å². The summed E-state index contributed by atoms with van der Waals surface area (Å²) in [5.41, 5.74) is 0.447. The zero-order chi connectivity index (χ0) is 17.0. The molecule has 0 spiro atoms. The molecular weight excluding hydrogens is 366 g/mol. The van der Waals surface area contributed by atoms with E-state index in [1.165, 1.54) is 7.11 Å². The summed E-state index contributed by atoms with van der Waals surface area (Å²) in [7, 11) is 1.51. The van der Waals surface area contributed by atoms with E-state index in [4.69, 9.17) is 14.6 Å². The van der Waals surface area contributed by atoms with Gasteiger partial charge in [0.2, 0.25) is 0 Å². The molecule has 0 saturated carbocycles. The molecule has 1 aliphatic rings. The minimum atomic E-state index is -0.854. The molecule has 1 fully saturated rings. The number of piperidine rings is 1. The van der Waals surface area contributed by atoms with Gasteiger partial charge in [-0.3, -0.25) is 9.59 Å². The Hall–Kier alpha value is -1.76. The Balaban J connectivity index is 2.25. The van der Waals surface area contributed by atoms with Crippen molar-refractivity contribution >= 4 is 27.8 Å². The number of hydrogen-bond donors (Lipinski definition) is 1. The number of hydrogen-bond acceptors (Lipinski definition) is 4. The van der Waals surface area contributed by atoms with Crippen molar-refractivity contribution in [3.05, 3.63) is 22.2 Å². The standard InChI is InChI=1S/C16H20BrNO5/c1-3-23-14-12(17)7-11(8-13(14)22-2)15(19)18-6-4-5-10(9-18)16(20)21/h7-8,10H,3-6,9H2,1-2H3,(H,20,21)/t10-/m1/s1. The first-order chi connectivity index (χ1) is 11.0. The third-order valence-corrected chi connectivity index (χ3v) is 4.41. The number of methoxy groups -OCH3 is 1. The molecule has 7 heteroatoms. The molecule has 1 aromatic carbocycles. The van der Waals surface area contributed by atoms with Crippen LogP contribution < -0.4 is 9.47 Å². The maximum absolute atomic E-state index is 12.7. The van der Waals surface area contributed by atoms with Crippen molar-refractivity contribution in [2.45, 2.75) is 19.8 Å². The van der Waals surface area contributed by atoms with Crippen molar-refractivity contribution in [3.63, 3.8) is 0 Å². The van der Waals surface area contributed by atoms with Crippen LogP contribution in [-0.2, 0) is 4.79 Å². The molecule has 0 aliphatic carbocycles. The lowest BCUT2D eigenvalue weighted by Crippen LogP contribution is -2.42. The summed E-state index contributed by atoms with van der Waals surface area (Å²) in [6.07, 6.45) is 1.30. The normalized spacial score (nSPS) is 17.7. The first-order valence-corrected chi connectivity index (χ1v) is 8.29. The van der Waals surface area contributed by atoms with E-state index in [0.29, 0.717) is 47.5 Å². The topological polar surface area (TPSA) is 76.1 Å². The Labute approximate surface area is 143 Å². The Bertz CT molecular complexity index is 604. The molecule has 0 radical (unpaired) electrons. The summed E-state index contributed by atoms with van der Waals surface area (Å²) >= 11 is 3.40. The van der Waals surface area contributed by atoms with Gasteiger partial charge in [0.05, 0.1) is 24.1 Å². The number of carbonyl (C=O) groups excluding carboxylic acids is 1. The first-order valence-electron chi connectivity index (χ1n) is 7.50. The average Bonchev–Trinajstić information content (AvgIpc) is 2.56. The lowest BCUT2D eigenvalue weighted by Gasteiger charge is -2.31. The van der Waals surface area contributed by atoms with Crippen LogP contribution in [0.1, 0.15) is 30.1 Å². The van der Waals surface area contributed by atoms with Crippen molar-refractivity contribution in [1.82, 2.24) is 4.90 Å². The second-order valence-corrected chi connectivity index (χ2v) is 6.21. The average molecular weight is 386 g/mol. The van der Waals surface area contributed by atoms with E-state index in [-0.39, 0.29) is 12.5 Å². The van der Waals surface area contributed by atoms with Crippen LogP contribution in [-0.4, -0.2) is 48.7 Å². The molecule has 0 bridgehead atoms. The van der Waals surface area contributed by atoms with Crippen LogP contribution >= 0.6 is 15.9 Å². The van der Waals surface area contributed by atoms with Gasteiger partial charge in [-0.15, -0.1) is 0 Å². The van der Waals surface area contributed by atoms with E-state index in [9.17, 15) is 9.59 Å². The van der Waals surface area contributed by atoms with Gasteiger partial charge in [0.15, 0.2) is 11.5 Å². The Kier molecular flexibility index (Phi) is 5.87. The second kappa shape index (κ2) is 7.68. The van der Waals surface area contributed by atoms with Crippen molar-refractivity contribution in [3.8, 4) is 11.5 Å². The Morgan fingerprint density at radius 2 is 2.17 bits per heavy atom. The summed E-state index contributed by atoms with van der Waals surface area (Å²) in [4.78, 5) is 25.4. The SMILES string of the molecule is CCOc1c(Br)cc(C(=O)N2CCC[C@@H](C(=O)O)C2)cc1OC. The largest absolute Gasteiger partial charge is 0.493 e. The molecule has 126 valence electrons. The predicted molar refractivity (Wildman–Crippen MR) is 88.1 cm³/mol. The fraction of sp³-hybridized carbons (Fsp3) is 0.500. The number of carboxylic acid groups (broad SMARTS) is 1. The highest BCUT2D eigenvalue weighted by Gasteiger charge is 2.29. The quantitative estimate of drug-likeness (QED) is 0.842. The minimum Gasteiger partial charge on any atom is -0.493 e. The lowest BCUT2D eigenvalue weighted by molar-refractivity contribution is -0.143. The van der Waals surface area contributed by atoms with E-state index in [1.807, 2.05) is 6.92 Å². The molecule has 1 aliphatic heterocycles. The maximum atomic E-state index is 12.7. The molecule has 6 nitrogen and oxygen atoms in total. The number of carboxylic acids is 1. The molecule has 1 N–H and O–H groups in total. The molecule has 1 atom stereocenters. The number of rotatable bonds is 5. The molecule has 1 aromatic rings. The van der Waals surface area contributed by atoms with Crippen LogP contribution in [0.15, 0.2) is 16.6 Å². The van der Waals surface area contributed by atoms with Crippen LogP contribution in [0.3, 0.4) is 0 Å². The molecule has 0 aromatic heterocycles. The monoisotopic (exact) mass is 385 g/mol. The molecule has 0 unspecified atom stereocenters. The molecule has 23 heavy (non-hydrogen) atoms. The van der Waals surface area contributed by atoms with Gasteiger partial charge in [0.25, 0.3) is 5.91 Å². The third-order valence-electron chi connectivity index (χ3n) is 3.82. The fourth-order valence-corrected chi connectivity index (χ4v) is 3.23. The van der Waals surface area contributed by atoms with Crippen molar-refractivity contribution in [2.24, 2.45) is 5.92 Å². The van der Waals surface area contributed by atoms with Gasteiger partial charge >= 0.3 is 5.97 Å². The number of nitrogens with zero attached hydrogens (tertiary/aromatic N) is 1. The van der Waals surface area contributed by atoms with Gasteiger partial charge in [0.1, 0.15) is 0 Å². The Morgan fingerprint density at radius 3 is 2.78 bits per heavy atom. The minimum absolute atomic E-state index is 0.196. The molecule has 1 saturated heterocycles. The zero-order valence-electron chi connectivity index (χ0n) is 13.2. The van der Waals surface area contributed by atoms with Gasteiger partial charge in [0, 0.05) is 18.7 Å². The van der Waals surface area contributed by atoms with Crippen LogP contribution in [0.25, 0.3) is 0 Å². The zero-order valence-corrected chi connectivity index (χ0v) is 14.8. The summed E-state index contributed by atoms with van der Waals surface area (Å²) < 4.78 is 11.4. The number of halogens is 1. The van der Waals surface area contributed by atoms with Gasteiger partial charge in [-0.1, -0.05) is 0 Å². The molecule has 1 heterocycles. The van der Waals surface area contributed by atoms with Gasteiger partial charge in [-0.05, 0) is 47.8 Å². The van der Waals surface area contributed by atoms with Crippen LogP contribution in [0, 0.1) is 5.92 Å². The summed E-state index contributed by atoms with van der Waals surface area (Å²) in [6.45, 7) is 3.15. The van der Waals surface area contributed by atoms with Crippen molar-refractivity contribution in [1.29, 1.82) is 0 Å². The number of amides is 1. The van der Waals surface area contributed by atoms with Gasteiger partial charge in [-0.2, -0.15) is 0 Å². The van der Waals surface area contributed by atoms with E-state index in [0.717, 1.165) is 0 Å². The van der Waals surface area contributed by atoms with Crippen molar-refractivity contribution in [2.75, 3.05) is 26.8 Å². The maximum Gasteiger partial charge on any atom is 0.308 e. The predicted octanol–water partition coefficient (Wildman–Crippen LogP) is 2.79. The first kappa shape index (κ1) is 17.6. The molecule has 1 amide bonds. The number of ether oxygens (including phenoxy) is 2. The molecule has 2 rings (SSSR count). The lowest BCUT2D eigenvalue weighted by atomic mass is 9.97. The van der Waals surface area contributed by atoms with Crippen molar-refractivity contribution < 1.29 is 24.2 Å². The highest BCUT2D eigenvalue weighted by atomic mass is 79.9. The number of likely N-dealkylation sites (tertiary alicyclic amines) is 1. The molecular formula is C16H20BrNO5. The van der Waals surface area contributed by atoms with E-state index >= 15 is 0 Å². The van der Waals surface area contributed by atoms with E-state index < -0.39 is 11.9 Å². The smallest absolute Gasteiger partial charge is 0.308 e. The van der Waals surface area contributed by atoms with Gasteiger partial charge < -0.3 is 19.5 Å². The van der Waals surface area contributed by atoms with Gasteiger partial charge in [-0.25, -0.2) is 0 Å².